The average Bonchev–Trinajstić information content (AvgIpc) is 3.51. The number of benzene rings is 2. The van der Waals surface area contributed by atoms with Gasteiger partial charge >= 0.3 is 5.88 Å². The summed E-state index contributed by atoms with van der Waals surface area (Å²) in [5, 5.41) is 18.0. The van der Waals surface area contributed by atoms with Crippen LogP contribution >= 0.6 is 11.3 Å². The minimum atomic E-state index is -0.631. The van der Waals surface area contributed by atoms with E-state index in [4.69, 9.17) is 8.83 Å². The van der Waals surface area contributed by atoms with Crippen molar-refractivity contribution in [3.63, 3.8) is 0 Å². The third-order valence-electron chi connectivity index (χ3n) is 4.52. The zero-order valence-electron chi connectivity index (χ0n) is 16.2. The summed E-state index contributed by atoms with van der Waals surface area (Å²) in [6, 6.07) is 18.2. The summed E-state index contributed by atoms with van der Waals surface area (Å²) in [4.78, 5) is 15.0. The first-order chi connectivity index (χ1) is 15.6. The standard InChI is InChI=1S/C22H13FN4O4S/c23-16-6-2-3-7-17(16)25-22-26(24-12-15-9-10-21(30-15)27(28)29)18(13-32-22)20-11-14-5-1-4-8-19(14)31-20/h1-13H. The lowest BCUT2D eigenvalue weighted by atomic mass is 10.2. The van der Waals surface area contributed by atoms with E-state index < -0.39 is 16.6 Å². The van der Waals surface area contributed by atoms with E-state index in [1.807, 2.05) is 30.3 Å². The highest BCUT2D eigenvalue weighted by Crippen LogP contribution is 2.28. The normalized spacial score (nSPS) is 12.2. The molecule has 0 saturated heterocycles. The van der Waals surface area contributed by atoms with Crippen molar-refractivity contribution in [2.24, 2.45) is 10.1 Å². The molecule has 0 radical (unpaired) electrons. The summed E-state index contributed by atoms with van der Waals surface area (Å²) in [6.07, 6.45) is 1.33. The number of furan rings is 2. The Morgan fingerprint density at radius 1 is 1.06 bits per heavy atom. The van der Waals surface area contributed by atoms with Crippen LogP contribution in [0.5, 0.6) is 0 Å². The first-order valence-electron chi connectivity index (χ1n) is 9.36. The fourth-order valence-electron chi connectivity index (χ4n) is 3.04. The van der Waals surface area contributed by atoms with E-state index in [9.17, 15) is 14.5 Å². The molecule has 0 bridgehead atoms. The van der Waals surface area contributed by atoms with Crippen LogP contribution in [0.25, 0.3) is 22.4 Å². The maximum Gasteiger partial charge on any atom is 0.433 e. The average molecular weight is 448 g/mol. The Morgan fingerprint density at radius 3 is 2.66 bits per heavy atom. The lowest BCUT2D eigenvalue weighted by molar-refractivity contribution is -0.402. The van der Waals surface area contributed by atoms with Gasteiger partial charge in [-0.15, -0.1) is 11.3 Å². The molecule has 0 aliphatic rings. The molecule has 0 fully saturated rings. The van der Waals surface area contributed by atoms with E-state index >= 15 is 0 Å². The predicted octanol–water partition coefficient (Wildman–Crippen LogP) is 5.72. The van der Waals surface area contributed by atoms with Crippen LogP contribution in [0.15, 0.2) is 91.0 Å². The van der Waals surface area contributed by atoms with Crippen LogP contribution in [0.3, 0.4) is 0 Å². The summed E-state index contributed by atoms with van der Waals surface area (Å²) in [6.45, 7) is 0. The summed E-state index contributed by atoms with van der Waals surface area (Å²) in [5.41, 5.74) is 1.44. The lowest BCUT2D eigenvalue weighted by Gasteiger charge is -2.00. The molecule has 0 spiro atoms. The SMILES string of the molecule is O=[N+]([O-])c1ccc(C=Nn2c(-c3cc4ccccc4o3)csc2=Nc2ccccc2F)o1. The molecule has 0 unspecified atom stereocenters. The first-order valence-corrected chi connectivity index (χ1v) is 10.2. The molecule has 0 amide bonds. The van der Waals surface area contributed by atoms with Crippen molar-refractivity contribution >= 4 is 40.1 Å². The number of fused-ring (bicyclic) bond motifs is 1. The molecule has 158 valence electrons. The van der Waals surface area contributed by atoms with Gasteiger partial charge in [0, 0.05) is 10.8 Å². The molecule has 32 heavy (non-hydrogen) atoms. The molecule has 8 nitrogen and oxygen atoms in total. The van der Waals surface area contributed by atoms with Crippen LogP contribution < -0.4 is 4.80 Å². The number of nitro groups is 1. The molecule has 2 aromatic carbocycles. The molecular weight excluding hydrogens is 435 g/mol. The monoisotopic (exact) mass is 448 g/mol. The van der Waals surface area contributed by atoms with Gasteiger partial charge < -0.3 is 8.83 Å². The minimum absolute atomic E-state index is 0.156. The second-order valence-corrected chi connectivity index (χ2v) is 7.44. The van der Waals surface area contributed by atoms with Crippen molar-refractivity contribution in [2.45, 2.75) is 0 Å². The van der Waals surface area contributed by atoms with Gasteiger partial charge in [0.2, 0.25) is 4.80 Å². The number of hydrogen-bond donors (Lipinski definition) is 0. The van der Waals surface area contributed by atoms with E-state index in [1.54, 1.807) is 23.6 Å². The number of hydrogen-bond acceptors (Lipinski definition) is 7. The van der Waals surface area contributed by atoms with Gasteiger partial charge in [-0.3, -0.25) is 10.1 Å². The van der Waals surface area contributed by atoms with E-state index in [1.165, 1.54) is 40.4 Å². The van der Waals surface area contributed by atoms with Crippen molar-refractivity contribution in [3.05, 3.63) is 98.6 Å². The lowest BCUT2D eigenvalue weighted by Crippen LogP contribution is -2.11. The Kier molecular flexibility index (Phi) is 4.96. The van der Waals surface area contributed by atoms with Crippen LogP contribution in [0, 0.1) is 15.9 Å². The van der Waals surface area contributed by atoms with Crippen LogP contribution in [0.2, 0.25) is 0 Å². The highest BCUT2D eigenvalue weighted by atomic mass is 32.1. The van der Waals surface area contributed by atoms with Crippen molar-refractivity contribution < 1.29 is 18.1 Å². The molecule has 0 aliphatic carbocycles. The van der Waals surface area contributed by atoms with E-state index in [2.05, 4.69) is 10.1 Å². The molecule has 10 heteroatoms. The third-order valence-corrected chi connectivity index (χ3v) is 5.34. The molecule has 5 aromatic rings. The second-order valence-electron chi connectivity index (χ2n) is 6.60. The Labute approximate surface area is 183 Å². The third kappa shape index (κ3) is 3.74. The first kappa shape index (κ1) is 19.6. The molecule has 0 atom stereocenters. The summed E-state index contributed by atoms with van der Waals surface area (Å²) >= 11 is 1.25. The Balaban J connectivity index is 1.65. The molecule has 0 aliphatic heterocycles. The predicted molar refractivity (Wildman–Crippen MR) is 117 cm³/mol. The molecule has 0 N–H and O–H groups in total. The van der Waals surface area contributed by atoms with Gasteiger partial charge in [0.15, 0.2) is 11.5 Å². The smallest absolute Gasteiger partial charge is 0.433 e. The highest BCUT2D eigenvalue weighted by molar-refractivity contribution is 7.07. The van der Waals surface area contributed by atoms with Crippen LogP contribution in [-0.2, 0) is 0 Å². The number of para-hydroxylation sites is 2. The fraction of sp³-hybridized carbons (Fsp3) is 0. The zero-order chi connectivity index (χ0) is 22.1. The Bertz CT molecular complexity index is 1510. The van der Waals surface area contributed by atoms with E-state index in [0.29, 0.717) is 21.8 Å². The minimum Gasteiger partial charge on any atom is -0.454 e. The van der Waals surface area contributed by atoms with Gasteiger partial charge in [-0.1, -0.05) is 30.3 Å². The number of thiazole rings is 1. The van der Waals surface area contributed by atoms with Crippen LogP contribution in [-0.4, -0.2) is 15.8 Å². The molecule has 3 aromatic heterocycles. The van der Waals surface area contributed by atoms with Crippen molar-refractivity contribution in [2.75, 3.05) is 0 Å². The molecule has 3 heterocycles. The number of nitrogens with zero attached hydrogens (tertiary/aromatic N) is 4. The Morgan fingerprint density at radius 2 is 1.88 bits per heavy atom. The summed E-state index contributed by atoms with van der Waals surface area (Å²) in [5.74, 6) is -0.137. The van der Waals surface area contributed by atoms with Gasteiger partial charge in [-0.05, 0) is 30.3 Å². The zero-order valence-corrected chi connectivity index (χ0v) is 17.0. The largest absolute Gasteiger partial charge is 0.454 e. The quantitative estimate of drug-likeness (QED) is 0.195. The topological polar surface area (TPSA) is 99.1 Å². The maximum absolute atomic E-state index is 14.2. The van der Waals surface area contributed by atoms with E-state index in [0.717, 1.165) is 5.39 Å². The maximum atomic E-state index is 14.2. The summed E-state index contributed by atoms with van der Waals surface area (Å²) < 4.78 is 26.7. The van der Waals surface area contributed by atoms with E-state index in [-0.39, 0.29) is 11.4 Å². The van der Waals surface area contributed by atoms with Gasteiger partial charge in [0.1, 0.15) is 27.7 Å². The van der Waals surface area contributed by atoms with Gasteiger partial charge in [-0.2, -0.15) is 5.10 Å². The second kappa shape index (κ2) is 8.08. The van der Waals surface area contributed by atoms with Gasteiger partial charge in [-0.25, -0.2) is 14.1 Å². The Hall–Kier alpha value is -4.31. The molecular formula is C22H13FN4O4S. The van der Waals surface area contributed by atoms with Gasteiger partial charge in [0.05, 0.1) is 12.3 Å². The highest BCUT2D eigenvalue weighted by Gasteiger charge is 2.14. The number of rotatable bonds is 5. The van der Waals surface area contributed by atoms with Gasteiger partial charge in [0.25, 0.3) is 0 Å². The molecule has 0 saturated carbocycles. The van der Waals surface area contributed by atoms with Crippen LogP contribution in [0.1, 0.15) is 5.76 Å². The number of halogens is 1. The fourth-order valence-corrected chi connectivity index (χ4v) is 3.87. The molecule has 5 rings (SSSR count). The van der Waals surface area contributed by atoms with Crippen molar-refractivity contribution in [3.8, 4) is 11.5 Å². The van der Waals surface area contributed by atoms with Crippen LogP contribution in [0.4, 0.5) is 16.0 Å². The number of aromatic nitrogens is 1. The van der Waals surface area contributed by atoms with Crippen molar-refractivity contribution in [1.82, 2.24) is 4.68 Å². The summed E-state index contributed by atoms with van der Waals surface area (Å²) in [7, 11) is 0. The van der Waals surface area contributed by atoms with Crippen molar-refractivity contribution in [1.29, 1.82) is 0 Å².